The number of anilines is 1. The summed E-state index contributed by atoms with van der Waals surface area (Å²) in [5.74, 6) is -1.43. The van der Waals surface area contributed by atoms with Gasteiger partial charge < -0.3 is 15.4 Å². The number of nitrogens with one attached hydrogen (secondary N) is 2. The van der Waals surface area contributed by atoms with Gasteiger partial charge in [-0.25, -0.2) is 9.59 Å². The highest BCUT2D eigenvalue weighted by molar-refractivity contribution is 7.17. The van der Waals surface area contributed by atoms with Gasteiger partial charge in [0, 0.05) is 4.88 Å². The molecule has 0 radical (unpaired) electrons. The molecule has 1 atom stereocenters. The van der Waals surface area contributed by atoms with Crippen molar-refractivity contribution in [3.8, 4) is 0 Å². The SMILES string of the molecule is COC(=O)c1c(NC(=O)CN2C(=O)NC3(CCc4ccccc43)C2=O)sc2c1CCCC2. The minimum absolute atomic E-state index is 0.388. The first-order valence-electron chi connectivity index (χ1n) is 10.7. The van der Waals surface area contributed by atoms with E-state index in [9.17, 15) is 19.2 Å². The molecule has 9 heteroatoms. The number of methoxy groups -OCH3 is 1. The second kappa shape index (κ2) is 7.74. The second-order valence-electron chi connectivity index (χ2n) is 8.34. The molecular formula is C23H23N3O5S. The molecule has 1 saturated heterocycles. The Balaban J connectivity index is 1.37. The zero-order valence-electron chi connectivity index (χ0n) is 17.7. The minimum Gasteiger partial charge on any atom is -0.465 e. The van der Waals surface area contributed by atoms with Crippen LogP contribution in [0.1, 0.15) is 51.2 Å². The first-order valence-corrected chi connectivity index (χ1v) is 11.5. The lowest BCUT2D eigenvalue weighted by Gasteiger charge is -2.22. The smallest absolute Gasteiger partial charge is 0.341 e. The maximum atomic E-state index is 13.3. The fourth-order valence-corrected chi connectivity index (χ4v) is 6.31. The standard InChI is InChI=1S/C23H23N3O5S/c1-31-20(28)18-14-7-3-5-9-16(14)32-19(18)24-17(27)12-26-21(29)23(25-22(26)30)11-10-13-6-2-4-8-15(13)23/h2,4,6,8H,3,5,7,9-12H2,1H3,(H,24,27)(H,25,30). The third-order valence-electron chi connectivity index (χ3n) is 6.54. The normalized spacial score (nSPS) is 21.3. The van der Waals surface area contributed by atoms with E-state index >= 15 is 0 Å². The predicted octanol–water partition coefficient (Wildman–Crippen LogP) is 2.75. The first-order chi connectivity index (χ1) is 15.4. The van der Waals surface area contributed by atoms with Crippen LogP contribution < -0.4 is 10.6 Å². The van der Waals surface area contributed by atoms with Crippen molar-refractivity contribution in [1.82, 2.24) is 10.2 Å². The molecule has 1 spiro atoms. The van der Waals surface area contributed by atoms with Gasteiger partial charge in [0.15, 0.2) is 0 Å². The monoisotopic (exact) mass is 453 g/mol. The quantitative estimate of drug-likeness (QED) is 0.547. The number of aryl methyl sites for hydroxylation is 2. The predicted molar refractivity (Wildman–Crippen MR) is 118 cm³/mol. The molecule has 1 aromatic carbocycles. The van der Waals surface area contributed by atoms with Crippen molar-refractivity contribution >= 4 is 40.2 Å². The van der Waals surface area contributed by atoms with Crippen molar-refractivity contribution in [2.24, 2.45) is 0 Å². The Hall–Kier alpha value is -3.20. The van der Waals surface area contributed by atoms with Gasteiger partial charge in [0.25, 0.3) is 5.91 Å². The van der Waals surface area contributed by atoms with Crippen LogP contribution in [0.5, 0.6) is 0 Å². The number of carbonyl (C=O) groups is 4. The number of benzene rings is 1. The van der Waals surface area contributed by atoms with Crippen LogP contribution in [0.2, 0.25) is 0 Å². The number of carbonyl (C=O) groups excluding carboxylic acids is 4. The molecule has 2 N–H and O–H groups in total. The Morgan fingerprint density at radius 1 is 1.19 bits per heavy atom. The van der Waals surface area contributed by atoms with Gasteiger partial charge in [-0.15, -0.1) is 11.3 Å². The zero-order chi connectivity index (χ0) is 22.5. The van der Waals surface area contributed by atoms with E-state index in [1.165, 1.54) is 18.4 Å². The molecule has 4 amide bonds. The Kier molecular flexibility index (Phi) is 5.00. The topological polar surface area (TPSA) is 105 Å². The third-order valence-corrected chi connectivity index (χ3v) is 7.74. The number of thiophene rings is 1. The lowest BCUT2D eigenvalue weighted by atomic mass is 9.92. The first kappa shape index (κ1) is 20.7. The number of imide groups is 1. The van der Waals surface area contributed by atoms with Gasteiger partial charge in [-0.3, -0.25) is 14.5 Å². The molecule has 166 valence electrons. The van der Waals surface area contributed by atoms with Gasteiger partial charge in [-0.05, 0) is 55.2 Å². The van der Waals surface area contributed by atoms with E-state index < -0.39 is 35.9 Å². The molecule has 1 aliphatic heterocycles. The summed E-state index contributed by atoms with van der Waals surface area (Å²) in [7, 11) is 1.31. The summed E-state index contributed by atoms with van der Waals surface area (Å²) in [4.78, 5) is 53.2. The average Bonchev–Trinajstić information content (AvgIpc) is 3.42. The molecule has 1 aromatic heterocycles. The van der Waals surface area contributed by atoms with Gasteiger partial charge in [0.2, 0.25) is 5.91 Å². The number of amides is 4. The number of rotatable bonds is 4. The van der Waals surface area contributed by atoms with Crippen molar-refractivity contribution in [3.63, 3.8) is 0 Å². The molecule has 1 fully saturated rings. The Labute approximate surface area is 188 Å². The Morgan fingerprint density at radius 3 is 2.78 bits per heavy atom. The fraction of sp³-hybridized carbons (Fsp3) is 0.391. The van der Waals surface area contributed by atoms with Crippen molar-refractivity contribution in [2.45, 2.75) is 44.1 Å². The number of hydrogen-bond acceptors (Lipinski definition) is 6. The van der Waals surface area contributed by atoms with Gasteiger partial charge in [0.1, 0.15) is 17.1 Å². The summed E-state index contributed by atoms with van der Waals surface area (Å²) in [6.45, 7) is -0.419. The van der Waals surface area contributed by atoms with Crippen molar-refractivity contribution in [2.75, 3.05) is 19.0 Å². The molecule has 32 heavy (non-hydrogen) atoms. The number of nitrogens with zero attached hydrogens (tertiary/aromatic N) is 1. The number of ether oxygens (including phenoxy) is 1. The highest BCUT2D eigenvalue weighted by Gasteiger charge is 2.55. The number of urea groups is 1. The van der Waals surface area contributed by atoms with Crippen molar-refractivity contribution < 1.29 is 23.9 Å². The van der Waals surface area contributed by atoms with E-state index in [1.807, 2.05) is 24.3 Å². The lowest BCUT2D eigenvalue weighted by Crippen LogP contribution is -2.43. The minimum atomic E-state index is -1.10. The van der Waals surface area contributed by atoms with Crippen LogP contribution in [0, 0.1) is 0 Å². The third kappa shape index (κ3) is 3.10. The van der Waals surface area contributed by atoms with Crippen LogP contribution in [-0.4, -0.2) is 42.4 Å². The molecule has 8 nitrogen and oxygen atoms in total. The van der Waals surface area contributed by atoms with Crippen LogP contribution >= 0.6 is 11.3 Å². The summed E-state index contributed by atoms with van der Waals surface area (Å²) in [6.07, 6.45) is 4.79. The summed E-state index contributed by atoms with van der Waals surface area (Å²) in [6, 6.07) is 6.96. The van der Waals surface area contributed by atoms with Crippen LogP contribution in [-0.2, 0) is 39.1 Å². The molecule has 2 aliphatic carbocycles. The zero-order valence-corrected chi connectivity index (χ0v) is 18.5. The molecule has 3 aliphatic rings. The van der Waals surface area contributed by atoms with Crippen LogP contribution in [0.4, 0.5) is 9.80 Å². The molecule has 5 rings (SSSR count). The molecular weight excluding hydrogens is 430 g/mol. The maximum Gasteiger partial charge on any atom is 0.341 e. The molecule has 1 unspecified atom stereocenters. The largest absolute Gasteiger partial charge is 0.465 e. The van der Waals surface area contributed by atoms with E-state index in [-0.39, 0.29) is 0 Å². The summed E-state index contributed by atoms with van der Waals surface area (Å²) in [5.41, 5.74) is 2.03. The van der Waals surface area contributed by atoms with Crippen molar-refractivity contribution in [1.29, 1.82) is 0 Å². The maximum absolute atomic E-state index is 13.3. The number of esters is 1. The van der Waals surface area contributed by atoms with Gasteiger partial charge in [0.05, 0.1) is 12.7 Å². The lowest BCUT2D eigenvalue weighted by molar-refractivity contribution is -0.134. The summed E-state index contributed by atoms with van der Waals surface area (Å²) >= 11 is 1.37. The van der Waals surface area contributed by atoms with E-state index in [0.29, 0.717) is 23.4 Å². The highest BCUT2D eigenvalue weighted by Crippen LogP contribution is 2.41. The summed E-state index contributed by atoms with van der Waals surface area (Å²) < 4.78 is 4.93. The fourth-order valence-electron chi connectivity index (χ4n) is 5.01. The Bertz CT molecular complexity index is 1160. The number of hydrogen-bond donors (Lipinski definition) is 2. The van der Waals surface area contributed by atoms with Crippen LogP contribution in [0.25, 0.3) is 0 Å². The summed E-state index contributed by atoms with van der Waals surface area (Å²) in [5, 5.41) is 5.99. The van der Waals surface area contributed by atoms with E-state index in [1.54, 1.807) is 0 Å². The van der Waals surface area contributed by atoms with E-state index in [0.717, 1.165) is 52.2 Å². The second-order valence-corrected chi connectivity index (χ2v) is 9.44. The van der Waals surface area contributed by atoms with Gasteiger partial charge in [-0.2, -0.15) is 0 Å². The van der Waals surface area contributed by atoms with Gasteiger partial charge >= 0.3 is 12.0 Å². The number of fused-ring (bicyclic) bond motifs is 3. The van der Waals surface area contributed by atoms with E-state index in [4.69, 9.17) is 4.74 Å². The van der Waals surface area contributed by atoms with Crippen LogP contribution in [0.3, 0.4) is 0 Å². The highest BCUT2D eigenvalue weighted by atomic mass is 32.1. The molecule has 0 saturated carbocycles. The molecule has 2 aromatic rings. The van der Waals surface area contributed by atoms with Crippen LogP contribution in [0.15, 0.2) is 24.3 Å². The Morgan fingerprint density at radius 2 is 1.97 bits per heavy atom. The molecule has 0 bridgehead atoms. The average molecular weight is 454 g/mol. The van der Waals surface area contributed by atoms with Gasteiger partial charge in [-0.1, -0.05) is 24.3 Å². The molecule has 2 heterocycles. The van der Waals surface area contributed by atoms with Crippen molar-refractivity contribution in [3.05, 3.63) is 51.4 Å². The van der Waals surface area contributed by atoms with E-state index in [2.05, 4.69) is 10.6 Å².